The molecule has 0 radical (unpaired) electrons. The van der Waals surface area contributed by atoms with Crippen LogP contribution in [0.4, 0.5) is 4.39 Å². The third-order valence-electron chi connectivity index (χ3n) is 4.05. The quantitative estimate of drug-likeness (QED) is 0.845. The maximum atomic E-state index is 13.5. The van der Waals surface area contributed by atoms with E-state index in [2.05, 4.69) is 40.0 Å². The van der Waals surface area contributed by atoms with Crippen molar-refractivity contribution in [3.63, 3.8) is 0 Å². The Balaban J connectivity index is 1.84. The Morgan fingerprint density at radius 1 is 1.30 bits per heavy atom. The lowest BCUT2D eigenvalue weighted by molar-refractivity contribution is 0.186. The van der Waals surface area contributed by atoms with Gasteiger partial charge in [0.15, 0.2) is 0 Å². The van der Waals surface area contributed by atoms with Crippen molar-refractivity contribution in [1.29, 1.82) is 0 Å². The number of halogens is 2. The fraction of sp³-hybridized carbons (Fsp3) is 0.625. The summed E-state index contributed by atoms with van der Waals surface area (Å²) in [5.74, 6) is 0.450. The Kier molecular flexibility index (Phi) is 6.00. The monoisotopic (exact) mass is 342 g/mol. The van der Waals surface area contributed by atoms with Gasteiger partial charge in [-0.25, -0.2) is 4.39 Å². The predicted molar refractivity (Wildman–Crippen MR) is 85.2 cm³/mol. The summed E-state index contributed by atoms with van der Waals surface area (Å²) in [5.41, 5.74) is 0.995. The summed E-state index contributed by atoms with van der Waals surface area (Å²) < 4.78 is 14.0. The lowest BCUT2D eigenvalue weighted by Gasteiger charge is -2.31. The third-order valence-corrected chi connectivity index (χ3v) is 4.69. The number of hydrogen-bond acceptors (Lipinski definition) is 2. The van der Waals surface area contributed by atoms with Gasteiger partial charge >= 0.3 is 0 Å². The van der Waals surface area contributed by atoms with E-state index < -0.39 is 0 Å². The summed E-state index contributed by atoms with van der Waals surface area (Å²) in [5, 5.41) is 3.48. The molecule has 2 rings (SSSR count). The minimum atomic E-state index is -0.191. The van der Waals surface area contributed by atoms with Crippen molar-refractivity contribution in [2.75, 3.05) is 19.6 Å². The van der Waals surface area contributed by atoms with E-state index in [0.29, 0.717) is 16.4 Å². The highest BCUT2D eigenvalue weighted by atomic mass is 79.9. The van der Waals surface area contributed by atoms with Gasteiger partial charge in [0.2, 0.25) is 0 Å². The number of hydrogen-bond donors (Lipinski definition) is 1. The number of nitrogens with zero attached hydrogens (tertiary/aromatic N) is 1. The van der Waals surface area contributed by atoms with Crippen molar-refractivity contribution < 1.29 is 4.39 Å². The van der Waals surface area contributed by atoms with E-state index in [0.717, 1.165) is 18.7 Å². The minimum absolute atomic E-state index is 0.191. The van der Waals surface area contributed by atoms with Gasteiger partial charge in [0.05, 0.1) is 4.47 Å². The normalized spacial score (nSPS) is 17.9. The molecule has 1 N–H and O–H groups in total. The molecule has 1 heterocycles. The highest BCUT2D eigenvalue weighted by molar-refractivity contribution is 9.10. The molecular formula is C16H24BrFN2. The maximum absolute atomic E-state index is 13.5. The minimum Gasteiger partial charge on any atom is -0.311 e. The molecule has 0 saturated carbocycles. The van der Waals surface area contributed by atoms with E-state index in [4.69, 9.17) is 0 Å². The zero-order valence-electron chi connectivity index (χ0n) is 12.3. The Morgan fingerprint density at radius 3 is 2.60 bits per heavy atom. The van der Waals surface area contributed by atoms with Crippen LogP contribution in [0.2, 0.25) is 0 Å². The molecule has 1 atom stereocenters. The third kappa shape index (κ3) is 4.27. The maximum Gasteiger partial charge on any atom is 0.137 e. The molecule has 1 unspecified atom stereocenters. The Bertz CT molecular complexity index is 430. The number of rotatable bonds is 6. The van der Waals surface area contributed by atoms with E-state index in [1.807, 2.05) is 6.07 Å². The molecule has 1 saturated heterocycles. The molecule has 1 aromatic rings. The van der Waals surface area contributed by atoms with Gasteiger partial charge in [-0.15, -0.1) is 0 Å². The highest BCUT2D eigenvalue weighted by Crippen LogP contribution is 2.18. The van der Waals surface area contributed by atoms with E-state index >= 15 is 0 Å². The molecular weight excluding hydrogens is 319 g/mol. The summed E-state index contributed by atoms with van der Waals surface area (Å²) in [6.45, 7) is 8.69. The first-order chi connectivity index (χ1) is 9.58. The Hall–Kier alpha value is -0.450. The SMILES string of the molecule is CC(C)C(CNCc1ccc(Br)c(F)c1)N1CCCC1. The fourth-order valence-corrected chi connectivity index (χ4v) is 3.12. The van der Waals surface area contributed by atoms with E-state index in [9.17, 15) is 4.39 Å². The second-order valence-electron chi connectivity index (χ2n) is 5.93. The first-order valence-electron chi connectivity index (χ1n) is 7.46. The van der Waals surface area contributed by atoms with Crippen LogP contribution in [0.3, 0.4) is 0 Å². The van der Waals surface area contributed by atoms with Gasteiger partial charge in [-0.1, -0.05) is 19.9 Å². The molecule has 0 amide bonds. The zero-order chi connectivity index (χ0) is 14.5. The lowest BCUT2D eigenvalue weighted by atomic mass is 10.0. The van der Waals surface area contributed by atoms with Crippen molar-refractivity contribution in [2.45, 2.75) is 39.3 Å². The first kappa shape index (κ1) is 15.9. The molecule has 2 nitrogen and oxygen atoms in total. The summed E-state index contributed by atoms with van der Waals surface area (Å²) in [4.78, 5) is 2.58. The van der Waals surface area contributed by atoms with Crippen molar-refractivity contribution in [3.05, 3.63) is 34.1 Å². The Morgan fingerprint density at radius 2 is 2.00 bits per heavy atom. The molecule has 1 aliphatic heterocycles. The second-order valence-corrected chi connectivity index (χ2v) is 6.79. The molecule has 1 fully saturated rings. The number of nitrogens with one attached hydrogen (secondary N) is 1. The van der Waals surface area contributed by atoms with Gasteiger partial charge in [0.1, 0.15) is 5.82 Å². The van der Waals surface area contributed by atoms with Crippen LogP contribution in [-0.4, -0.2) is 30.6 Å². The Labute approximate surface area is 129 Å². The fourth-order valence-electron chi connectivity index (χ4n) is 2.87. The van der Waals surface area contributed by atoms with Crippen LogP contribution in [0.25, 0.3) is 0 Å². The van der Waals surface area contributed by atoms with Crippen molar-refractivity contribution in [3.8, 4) is 0 Å². The summed E-state index contributed by atoms with van der Waals surface area (Å²) in [6, 6.07) is 5.91. The van der Waals surface area contributed by atoms with Crippen molar-refractivity contribution >= 4 is 15.9 Å². The van der Waals surface area contributed by atoms with Crippen molar-refractivity contribution in [1.82, 2.24) is 10.2 Å². The van der Waals surface area contributed by atoms with Crippen LogP contribution >= 0.6 is 15.9 Å². The summed E-state index contributed by atoms with van der Waals surface area (Å²) >= 11 is 3.18. The van der Waals surface area contributed by atoms with Gasteiger partial charge in [-0.3, -0.25) is 4.90 Å². The molecule has 4 heteroatoms. The second kappa shape index (κ2) is 7.53. The van der Waals surface area contributed by atoms with Gasteiger partial charge in [-0.05, 0) is 65.5 Å². The van der Waals surface area contributed by atoms with Crippen LogP contribution < -0.4 is 5.32 Å². The molecule has 112 valence electrons. The van der Waals surface area contributed by atoms with Crippen LogP contribution in [-0.2, 0) is 6.54 Å². The largest absolute Gasteiger partial charge is 0.311 e. The standard InChI is InChI=1S/C16H24BrFN2/c1-12(2)16(20-7-3-4-8-20)11-19-10-13-5-6-14(17)15(18)9-13/h5-6,9,12,16,19H,3-4,7-8,10-11H2,1-2H3. The molecule has 0 aromatic heterocycles. The summed E-state index contributed by atoms with van der Waals surface area (Å²) in [7, 11) is 0. The van der Waals surface area contributed by atoms with Gasteiger partial charge in [0.25, 0.3) is 0 Å². The molecule has 0 aliphatic carbocycles. The van der Waals surface area contributed by atoms with Crippen LogP contribution in [0.1, 0.15) is 32.3 Å². The van der Waals surface area contributed by atoms with E-state index in [1.54, 1.807) is 12.1 Å². The molecule has 0 spiro atoms. The number of likely N-dealkylation sites (tertiary alicyclic amines) is 1. The summed E-state index contributed by atoms with van der Waals surface area (Å²) in [6.07, 6.45) is 2.64. The molecule has 20 heavy (non-hydrogen) atoms. The number of benzene rings is 1. The molecule has 1 aliphatic rings. The van der Waals surface area contributed by atoms with Gasteiger partial charge in [0, 0.05) is 19.1 Å². The average Bonchev–Trinajstić information content (AvgIpc) is 2.92. The van der Waals surface area contributed by atoms with Crippen LogP contribution in [0.5, 0.6) is 0 Å². The van der Waals surface area contributed by atoms with E-state index in [1.165, 1.54) is 25.9 Å². The zero-order valence-corrected chi connectivity index (χ0v) is 13.9. The lowest BCUT2D eigenvalue weighted by Crippen LogP contribution is -2.44. The smallest absolute Gasteiger partial charge is 0.137 e. The first-order valence-corrected chi connectivity index (χ1v) is 8.26. The average molecular weight is 343 g/mol. The van der Waals surface area contributed by atoms with E-state index in [-0.39, 0.29) is 5.82 Å². The molecule has 1 aromatic carbocycles. The predicted octanol–water partition coefficient (Wildman–Crippen LogP) is 3.80. The molecule has 0 bridgehead atoms. The van der Waals surface area contributed by atoms with Gasteiger partial charge < -0.3 is 5.32 Å². The topological polar surface area (TPSA) is 15.3 Å². The van der Waals surface area contributed by atoms with Gasteiger partial charge in [-0.2, -0.15) is 0 Å². The van der Waals surface area contributed by atoms with Crippen molar-refractivity contribution in [2.24, 2.45) is 5.92 Å². The van der Waals surface area contributed by atoms with Crippen LogP contribution in [0, 0.1) is 11.7 Å². The van der Waals surface area contributed by atoms with Crippen LogP contribution in [0.15, 0.2) is 22.7 Å². The highest BCUT2D eigenvalue weighted by Gasteiger charge is 2.23.